The Morgan fingerprint density at radius 1 is 0.551 bits per heavy atom. The Kier molecular flexibility index (Phi) is 18.7. The first-order valence-corrected chi connectivity index (χ1v) is 17.6. The number of benzene rings is 3. The Morgan fingerprint density at radius 3 is 1.31 bits per heavy atom. The maximum Gasteiger partial charge on any atom is 0.421 e. The molecule has 3 nitrogen and oxygen atoms in total. The smallest absolute Gasteiger partial charge is 0.392 e. The number of hydrogen-bond acceptors (Lipinski definition) is 3. The van der Waals surface area contributed by atoms with Gasteiger partial charge in [0.1, 0.15) is 6.10 Å². The normalized spacial score (nSPS) is 13.8. The molecule has 0 aliphatic heterocycles. The summed E-state index contributed by atoms with van der Waals surface area (Å²) < 4.78 is 67.1. The van der Waals surface area contributed by atoms with Crippen LogP contribution in [0.2, 0.25) is 0 Å². The van der Waals surface area contributed by atoms with E-state index in [1.54, 1.807) is 36.4 Å². The molecule has 3 aromatic carbocycles. The second-order valence-corrected chi connectivity index (χ2v) is 13.7. The van der Waals surface area contributed by atoms with E-state index in [0.29, 0.717) is 43.1 Å². The molecule has 2 unspecified atom stereocenters. The molecule has 0 amide bonds. The van der Waals surface area contributed by atoms with Crippen molar-refractivity contribution in [3.8, 4) is 0 Å². The van der Waals surface area contributed by atoms with E-state index in [1.807, 2.05) is 53.7 Å². The van der Waals surface area contributed by atoms with E-state index in [0.717, 1.165) is 23.1 Å². The van der Waals surface area contributed by atoms with Crippen LogP contribution in [0, 0.1) is 0 Å². The van der Waals surface area contributed by atoms with Crippen LogP contribution in [0.15, 0.2) is 72.8 Å². The van der Waals surface area contributed by atoms with E-state index in [1.165, 1.54) is 17.7 Å². The predicted molar refractivity (Wildman–Crippen MR) is 191 cm³/mol. The molecule has 276 valence electrons. The van der Waals surface area contributed by atoms with Gasteiger partial charge < -0.3 is 15.3 Å². The van der Waals surface area contributed by atoms with Crippen molar-refractivity contribution < 1.29 is 37.3 Å². The third-order valence-electron chi connectivity index (χ3n) is 8.68. The fraction of sp³-hybridized carbons (Fsp3) is 0.561. The van der Waals surface area contributed by atoms with E-state index in [-0.39, 0.29) is 30.9 Å². The van der Waals surface area contributed by atoms with Gasteiger partial charge in [0.25, 0.3) is 5.92 Å². The van der Waals surface area contributed by atoms with Gasteiger partial charge in [0.15, 0.2) is 5.60 Å². The first-order valence-electron chi connectivity index (χ1n) is 17.6. The van der Waals surface area contributed by atoms with Crippen LogP contribution in [0.5, 0.6) is 0 Å². The van der Waals surface area contributed by atoms with Crippen molar-refractivity contribution in [2.24, 2.45) is 0 Å². The molecule has 0 heterocycles. The minimum absolute atomic E-state index is 0.0643. The maximum absolute atomic E-state index is 13.7. The maximum atomic E-state index is 13.7. The molecule has 0 fully saturated rings. The van der Waals surface area contributed by atoms with Gasteiger partial charge in [0.05, 0.1) is 6.61 Å². The molecule has 0 bridgehead atoms. The van der Waals surface area contributed by atoms with Crippen LogP contribution in [-0.2, 0) is 12.2 Å². The van der Waals surface area contributed by atoms with Crippen molar-refractivity contribution in [1.29, 1.82) is 0 Å². The van der Waals surface area contributed by atoms with Crippen molar-refractivity contribution in [3.05, 3.63) is 106 Å². The van der Waals surface area contributed by atoms with Crippen molar-refractivity contribution >= 4 is 0 Å². The zero-order valence-electron chi connectivity index (χ0n) is 30.6. The average molecular weight is 695 g/mol. The van der Waals surface area contributed by atoms with Gasteiger partial charge in [-0.25, -0.2) is 8.78 Å². The van der Waals surface area contributed by atoms with Crippen molar-refractivity contribution in [3.63, 3.8) is 0 Å². The van der Waals surface area contributed by atoms with Gasteiger partial charge in [-0.15, -0.1) is 0 Å². The van der Waals surface area contributed by atoms with E-state index < -0.39 is 23.8 Å². The molecule has 0 saturated carbocycles. The summed E-state index contributed by atoms with van der Waals surface area (Å²) in [5.74, 6) is -1.86. The van der Waals surface area contributed by atoms with E-state index in [4.69, 9.17) is 5.11 Å². The molecule has 49 heavy (non-hydrogen) atoms. The van der Waals surface area contributed by atoms with Crippen molar-refractivity contribution in [2.75, 3.05) is 0 Å². The van der Waals surface area contributed by atoms with Gasteiger partial charge in [0, 0.05) is 6.42 Å². The standard InChI is InChI=1S/C16H23F3O.C15H22F2O.C10H14O/c1-4-5-6-11-15(20,16(17,18)19)14-9-7-13(8-10-14)12(2)3;1-4-5-10-15(16,17)14(18)13-8-6-12(7-9-13)11(2)3;1-8(2)10-5-3-9(7-11)4-6-10/h7-10,12,20H,4-6,11H2,1-3H3;6-9,11,14,18H,4-5,10H2,1-3H3;3-6,8,11H,7H2,1-2H3. The lowest BCUT2D eigenvalue weighted by Crippen LogP contribution is -2.42. The molecule has 0 spiro atoms. The Morgan fingerprint density at radius 2 is 0.939 bits per heavy atom. The monoisotopic (exact) mass is 694 g/mol. The summed E-state index contributed by atoms with van der Waals surface area (Å²) in [5, 5.41) is 28.7. The average Bonchev–Trinajstić information content (AvgIpc) is 3.07. The van der Waals surface area contributed by atoms with Crippen LogP contribution in [0.25, 0.3) is 0 Å². The number of unbranched alkanes of at least 4 members (excludes halogenated alkanes) is 3. The highest BCUT2D eigenvalue weighted by molar-refractivity contribution is 5.30. The molecule has 0 saturated heterocycles. The van der Waals surface area contributed by atoms with Crippen LogP contribution in [0.3, 0.4) is 0 Å². The minimum Gasteiger partial charge on any atom is -0.392 e. The van der Waals surface area contributed by atoms with Gasteiger partial charge in [-0.2, -0.15) is 13.2 Å². The molecule has 2 atom stereocenters. The second-order valence-electron chi connectivity index (χ2n) is 13.7. The van der Waals surface area contributed by atoms with Gasteiger partial charge >= 0.3 is 6.18 Å². The molecule has 8 heteroatoms. The molecule has 0 radical (unpaired) electrons. The zero-order valence-corrected chi connectivity index (χ0v) is 30.6. The van der Waals surface area contributed by atoms with Crippen LogP contribution < -0.4 is 0 Å². The fourth-order valence-electron chi connectivity index (χ4n) is 5.09. The number of aliphatic hydroxyl groups is 3. The van der Waals surface area contributed by atoms with Gasteiger partial charge in [0.2, 0.25) is 0 Å². The van der Waals surface area contributed by atoms with E-state index in [9.17, 15) is 32.2 Å². The molecular formula is C41H59F5O3. The Balaban J connectivity index is 0.000000382. The highest BCUT2D eigenvalue weighted by Gasteiger charge is 2.54. The molecular weight excluding hydrogens is 635 g/mol. The zero-order chi connectivity index (χ0) is 37.4. The number of halogens is 5. The minimum atomic E-state index is -4.65. The second kappa shape index (κ2) is 20.8. The van der Waals surface area contributed by atoms with Crippen molar-refractivity contribution in [1.82, 2.24) is 0 Å². The summed E-state index contributed by atoms with van der Waals surface area (Å²) in [5.41, 5.74) is 1.84. The SMILES string of the molecule is CC(C)c1ccc(CO)cc1.CCCCC(F)(F)C(O)c1ccc(C(C)C)cc1.CCCCCC(O)(c1ccc(C(C)C)cc1)C(F)(F)F. The highest BCUT2D eigenvalue weighted by Crippen LogP contribution is 2.43. The first kappa shape index (κ1) is 44.2. The van der Waals surface area contributed by atoms with Crippen LogP contribution in [0.4, 0.5) is 22.0 Å². The lowest BCUT2D eigenvalue weighted by atomic mass is 9.86. The first-order chi connectivity index (χ1) is 22.8. The van der Waals surface area contributed by atoms with Crippen LogP contribution in [-0.4, -0.2) is 27.4 Å². The number of aliphatic hydroxyl groups excluding tert-OH is 2. The van der Waals surface area contributed by atoms with E-state index in [2.05, 4.69) is 26.0 Å². The Bertz CT molecular complexity index is 1300. The topological polar surface area (TPSA) is 60.7 Å². The summed E-state index contributed by atoms with van der Waals surface area (Å²) in [4.78, 5) is 0. The summed E-state index contributed by atoms with van der Waals surface area (Å²) >= 11 is 0. The van der Waals surface area contributed by atoms with E-state index >= 15 is 0 Å². The number of alkyl halides is 5. The van der Waals surface area contributed by atoms with Crippen LogP contribution >= 0.6 is 0 Å². The fourth-order valence-corrected chi connectivity index (χ4v) is 5.09. The number of hydrogen-bond donors (Lipinski definition) is 3. The summed E-state index contributed by atoms with van der Waals surface area (Å²) in [7, 11) is 0. The highest BCUT2D eigenvalue weighted by atomic mass is 19.4. The van der Waals surface area contributed by atoms with Crippen LogP contribution in [0.1, 0.15) is 158 Å². The summed E-state index contributed by atoms with van der Waals surface area (Å²) in [6.07, 6.45) is -3.92. The van der Waals surface area contributed by atoms with Gasteiger partial charge in [-0.1, -0.05) is 147 Å². The van der Waals surface area contributed by atoms with Gasteiger partial charge in [-0.3, -0.25) is 0 Å². The third kappa shape index (κ3) is 14.1. The number of rotatable bonds is 14. The molecule has 0 aliphatic carbocycles. The largest absolute Gasteiger partial charge is 0.421 e. The Hall–Kier alpha value is -2.81. The quantitative estimate of drug-likeness (QED) is 0.116. The van der Waals surface area contributed by atoms with Gasteiger partial charge in [-0.05, 0) is 70.4 Å². The Labute approximate surface area is 291 Å². The lowest BCUT2D eigenvalue weighted by molar-refractivity contribution is -0.269. The molecule has 3 N–H and O–H groups in total. The molecule has 0 aliphatic rings. The predicted octanol–water partition coefficient (Wildman–Crippen LogP) is 12.1. The third-order valence-corrected chi connectivity index (χ3v) is 8.68. The summed E-state index contributed by atoms with van der Waals surface area (Å²) in [6.45, 7) is 16.3. The molecule has 0 aromatic heterocycles. The summed E-state index contributed by atoms with van der Waals surface area (Å²) in [6, 6.07) is 21.0. The lowest BCUT2D eigenvalue weighted by Gasteiger charge is -2.31. The molecule has 3 rings (SSSR count). The van der Waals surface area contributed by atoms with Crippen molar-refractivity contribution in [2.45, 2.75) is 149 Å². The molecule has 3 aromatic rings.